The van der Waals surface area contributed by atoms with Crippen LogP contribution in [0, 0.1) is 0 Å². The minimum Gasteiger partial charge on any atom is -0.493 e. The van der Waals surface area contributed by atoms with E-state index in [-0.39, 0.29) is 19.1 Å². The number of carboxylic acids is 1. The number of rotatable bonds is 5. The molecule has 0 bridgehead atoms. The van der Waals surface area contributed by atoms with Gasteiger partial charge in [-0.25, -0.2) is 4.79 Å². The van der Waals surface area contributed by atoms with Gasteiger partial charge in [-0.15, -0.1) is 0 Å². The van der Waals surface area contributed by atoms with Gasteiger partial charge in [0.05, 0.1) is 26.9 Å². The Morgan fingerprint density at radius 1 is 1.41 bits per heavy atom. The molecule has 0 aliphatic carbocycles. The first-order chi connectivity index (χ1) is 10.6. The molecule has 0 saturated carbocycles. The van der Waals surface area contributed by atoms with E-state index in [9.17, 15) is 9.59 Å². The zero-order valence-corrected chi connectivity index (χ0v) is 12.6. The SMILES string of the molecule is CCOc1ccc(C(=O)N2CCOC(C(=O)O)C2)cc1OC. The Balaban J connectivity index is 2.16. The Bertz CT molecular complexity index is 559. The second kappa shape index (κ2) is 7.13. The molecule has 7 heteroatoms. The maximum absolute atomic E-state index is 12.5. The fraction of sp³-hybridized carbons (Fsp3) is 0.467. The number of ether oxygens (including phenoxy) is 3. The molecule has 2 rings (SSSR count). The first-order valence-corrected chi connectivity index (χ1v) is 7.01. The molecule has 0 radical (unpaired) electrons. The van der Waals surface area contributed by atoms with Gasteiger partial charge in [-0.2, -0.15) is 0 Å². The fourth-order valence-electron chi connectivity index (χ4n) is 2.24. The lowest BCUT2D eigenvalue weighted by molar-refractivity contribution is -0.154. The zero-order valence-electron chi connectivity index (χ0n) is 12.6. The van der Waals surface area contributed by atoms with E-state index in [4.69, 9.17) is 19.3 Å². The normalized spacial score (nSPS) is 17.9. The highest BCUT2D eigenvalue weighted by atomic mass is 16.5. The average molecular weight is 309 g/mol. The summed E-state index contributed by atoms with van der Waals surface area (Å²) in [7, 11) is 1.50. The van der Waals surface area contributed by atoms with Crippen LogP contribution < -0.4 is 9.47 Å². The summed E-state index contributed by atoms with van der Waals surface area (Å²) in [6.45, 7) is 2.95. The third-order valence-corrected chi connectivity index (χ3v) is 3.34. The van der Waals surface area contributed by atoms with Crippen LogP contribution in [0.3, 0.4) is 0 Å². The minimum atomic E-state index is -1.07. The molecule has 1 aromatic carbocycles. The molecule has 1 aromatic rings. The minimum absolute atomic E-state index is 0.0314. The topological polar surface area (TPSA) is 85.3 Å². The summed E-state index contributed by atoms with van der Waals surface area (Å²) in [5.74, 6) is -0.291. The number of hydrogen-bond donors (Lipinski definition) is 1. The molecule has 1 N–H and O–H groups in total. The van der Waals surface area contributed by atoms with Crippen molar-refractivity contribution in [2.75, 3.05) is 33.4 Å². The third-order valence-electron chi connectivity index (χ3n) is 3.34. The molecule has 120 valence electrons. The van der Waals surface area contributed by atoms with Crippen LogP contribution in [-0.2, 0) is 9.53 Å². The van der Waals surface area contributed by atoms with E-state index in [0.29, 0.717) is 30.2 Å². The second-order valence-corrected chi connectivity index (χ2v) is 4.75. The number of morpholine rings is 1. The van der Waals surface area contributed by atoms with Crippen LogP contribution in [0.15, 0.2) is 18.2 Å². The van der Waals surface area contributed by atoms with E-state index in [2.05, 4.69) is 0 Å². The van der Waals surface area contributed by atoms with Crippen molar-refractivity contribution in [2.24, 2.45) is 0 Å². The highest BCUT2D eigenvalue weighted by Crippen LogP contribution is 2.28. The van der Waals surface area contributed by atoms with E-state index in [1.165, 1.54) is 12.0 Å². The molecule has 1 amide bonds. The molecule has 0 aromatic heterocycles. The van der Waals surface area contributed by atoms with Crippen LogP contribution >= 0.6 is 0 Å². The molecule has 1 heterocycles. The van der Waals surface area contributed by atoms with Crippen molar-refractivity contribution in [2.45, 2.75) is 13.0 Å². The van der Waals surface area contributed by atoms with Crippen molar-refractivity contribution in [1.29, 1.82) is 0 Å². The second-order valence-electron chi connectivity index (χ2n) is 4.75. The third kappa shape index (κ3) is 3.48. The number of carbonyl (C=O) groups excluding carboxylic acids is 1. The maximum atomic E-state index is 12.5. The van der Waals surface area contributed by atoms with E-state index in [0.717, 1.165) is 0 Å². The summed E-state index contributed by atoms with van der Waals surface area (Å²) >= 11 is 0. The van der Waals surface area contributed by atoms with E-state index < -0.39 is 12.1 Å². The van der Waals surface area contributed by atoms with Gasteiger partial charge in [-0.05, 0) is 25.1 Å². The van der Waals surface area contributed by atoms with Crippen LogP contribution in [0.4, 0.5) is 0 Å². The van der Waals surface area contributed by atoms with E-state index in [1.807, 2.05) is 6.92 Å². The number of methoxy groups -OCH3 is 1. The Kier molecular flexibility index (Phi) is 5.21. The lowest BCUT2D eigenvalue weighted by Crippen LogP contribution is -2.48. The molecule has 1 atom stereocenters. The average Bonchev–Trinajstić information content (AvgIpc) is 2.55. The maximum Gasteiger partial charge on any atom is 0.334 e. The predicted molar refractivity (Wildman–Crippen MR) is 77.4 cm³/mol. The lowest BCUT2D eigenvalue weighted by atomic mass is 10.1. The van der Waals surface area contributed by atoms with Crippen LogP contribution in [0.1, 0.15) is 17.3 Å². The highest BCUT2D eigenvalue weighted by molar-refractivity contribution is 5.95. The summed E-state index contributed by atoms with van der Waals surface area (Å²) < 4.78 is 15.7. The summed E-state index contributed by atoms with van der Waals surface area (Å²) in [6, 6.07) is 4.91. The molecule has 1 unspecified atom stereocenters. The quantitative estimate of drug-likeness (QED) is 0.874. The van der Waals surface area contributed by atoms with Crippen molar-refractivity contribution in [3.8, 4) is 11.5 Å². The Morgan fingerprint density at radius 3 is 2.82 bits per heavy atom. The van der Waals surface area contributed by atoms with Crippen LogP contribution in [0.5, 0.6) is 11.5 Å². The molecule has 1 aliphatic heterocycles. The number of carboxylic acid groups (broad SMARTS) is 1. The molecule has 1 aliphatic rings. The van der Waals surface area contributed by atoms with Crippen LogP contribution in [0.25, 0.3) is 0 Å². The number of aliphatic carboxylic acids is 1. The number of carbonyl (C=O) groups is 2. The number of benzene rings is 1. The summed E-state index contributed by atoms with van der Waals surface area (Å²) in [6.07, 6.45) is -0.984. The Hall–Kier alpha value is -2.28. The molecule has 1 saturated heterocycles. The van der Waals surface area contributed by atoms with Gasteiger partial charge in [0.15, 0.2) is 17.6 Å². The van der Waals surface area contributed by atoms with Gasteiger partial charge in [-0.3, -0.25) is 4.79 Å². The number of amides is 1. The highest BCUT2D eigenvalue weighted by Gasteiger charge is 2.29. The smallest absolute Gasteiger partial charge is 0.334 e. The van der Waals surface area contributed by atoms with Crippen LogP contribution in [0.2, 0.25) is 0 Å². The summed E-state index contributed by atoms with van der Waals surface area (Å²) in [5.41, 5.74) is 0.423. The van der Waals surface area contributed by atoms with Gasteiger partial charge in [0.1, 0.15) is 0 Å². The van der Waals surface area contributed by atoms with Gasteiger partial charge in [-0.1, -0.05) is 0 Å². The molecule has 0 spiro atoms. The number of hydrogen-bond acceptors (Lipinski definition) is 5. The standard InChI is InChI=1S/C15H19NO6/c1-3-21-11-5-4-10(8-12(11)20-2)14(17)16-6-7-22-13(9-16)15(18)19/h4-5,8,13H,3,6-7,9H2,1-2H3,(H,18,19). The van der Waals surface area contributed by atoms with Crippen molar-refractivity contribution in [3.05, 3.63) is 23.8 Å². The van der Waals surface area contributed by atoms with E-state index in [1.54, 1.807) is 18.2 Å². The van der Waals surface area contributed by atoms with Gasteiger partial charge in [0, 0.05) is 12.1 Å². The van der Waals surface area contributed by atoms with Gasteiger partial charge in [0.25, 0.3) is 5.91 Å². The molecular weight excluding hydrogens is 290 g/mol. The first-order valence-electron chi connectivity index (χ1n) is 7.01. The first kappa shape index (κ1) is 16.1. The molecule has 22 heavy (non-hydrogen) atoms. The number of nitrogens with zero attached hydrogens (tertiary/aromatic N) is 1. The molecule has 7 nitrogen and oxygen atoms in total. The van der Waals surface area contributed by atoms with Crippen LogP contribution in [-0.4, -0.2) is 61.4 Å². The van der Waals surface area contributed by atoms with Crippen molar-refractivity contribution < 1.29 is 28.9 Å². The Labute approximate surface area is 128 Å². The molecule has 1 fully saturated rings. The predicted octanol–water partition coefficient (Wildman–Crippen LogP) is 1.02. The summed E-state index contributed by atoms with van der Waals surface area (Å²) in [4.78, 5) is 24.9. The Morgan fingerprint density at radius 2 is 2.18 bits per heavy atom. The molecular formula is C15H19NO6. The lowest BCUT2D eigenvalue weighted by Gasteiger charge is -2.31. The van der Waals surface area contributed by atoms with Crippen molar-refractivity contribution >= 4 is 11.9 Å². The van der Waals surface area contributed by atoms with Crippen molar-refractivity contribution in [1.82, 2.24) is 4.90 Å². The van der Waals surface area contributed by atoms with Gasteiger partial charge >= 0.3 is 5.97 Å². The monoisotopic (exact) mass is 309 g/mol. The van der Waals surface area contributed by atoms with Gasteiger partial charge < -0.3 is 24.2 Å². The van der Waals surface area contributed by atoms with Crippen molar-refractivity contribution in [3.63, 3.8) is 0 Å². The fourth-order valence-corrected chi connectivity index (χ4v) is 2.24. The van der Waals surface area contributed by atoms with E-state index >= 15 is 0 Å². The van der Waals surface area contributed by atoms with Gasteiger partial charge in [0.2, 0.25) is 0 Å². The largest absolute Gasteiger partial charge is 0.493 e. The zero-order chi connectivity index (χ0) is 16.1. The summed E-state index contributed by atoms with van der Waals surface area (Å²) in [5, 5.41) is 8.99.